The molecule has 1 aliphatic heterocycles. The van der Waals surface area contributed by atoms with Crippen molar-refractivity contribution in [2.24, 2.45) is 5.92 Å². The number of nitrogens with one attached hydrogen (secondary N) is 2. The Labute approximate surface area is 143 Å². The second-order valence-corrected chi connectivity index (χ2v) is 6.86. The van der Waals surface area contributed by atoms with Crippen LogP contribution in [-0.4, -0.2) is 25.5 Å². The molecule has 1 aliphatic rings. The van der Waals surface area contributed by atoms with Crippen LogP contribution in [0.3, 0.4) is 0 Å². The lowest BCUT2D eigenvalue weighted by Crippen LogP contribution is -3.14. The smallest absolute Gasteiger partial charge is 0.275 e. The summed E-state index contributed by atoms with van der Waals surface area (Å²) in [7, 11) is 0. The van der Waals surface area contributed by atoms with E-state index in [0.29, 0.717) is 6.54 Å². The van der Waals surface area contributed by atoms with E-state index >= 15 is 0 Å². The lowest BCUT2D eigenvalue weighted by Gasteiger charge is -2.29. The van der Waals surface area contributed by atoms with Gasteiger partial charge in [0.15, 0.2) is 6.54 Å². The van der Waals surface area contributed by atoms with Crippen LogP contribution in [0, 0.1) is 5.92 Å². The summed E-state index contributed by atoms with van der Waals surface area (Å²) in [5.74, 6) is 1.66. The summed E-state index contributed by atoms with van der Waals surface area (Å²) in [4.78, 5) is 13.6. The maximum Gasteiger partial charge on any atom is 0.275 e. The first kappa shape index (κ1) is 16.8. The van der Waals surface area contributed by atoms with Crippen molar-refractivity contribution in [2.75, 3.05) is 19.6 Å². The van der Waals surface area contributed by atoms with E-state index in [0.717, 1.165) is 31.2 Å². The van der Waals surface area contributed by atoms with Crippen LogP contribution in [0.1, 0.15) is 37.1 Å². The van der Waals surface area contributed by atoms with Gasteiger partial charge in [0.2, 0.25) is 0 Å². The third kappa shape index (κ3) is 4.71. The molecule has 0 bridgehead atoms. The summed E-state index contributed by atoms with van der Waals surface area (Å²) in [5, 5.41) is 3.03. The summed E-state index contributed by atoms with van der Waals surface area (Å²) >= 11 is 0. The molecule has 1 saturated heterocycles. The molecular formula is C20H27N2O2+. The van der Waals surface area contributed by atoms with Crippen LogP contribution in [0.25, 0.3) is 0 Å². The van der Waals surface area contributed by atoms with Gasteiger partial charge in [0.05, 0.1) is 25.4 Å². The zero-order chi connectivity index (χ0) is 16.8. The summed E-state index contributed by atoms with van der Waals surface area (Å²) < 4.78 is 5.34. The predicted octanol–water partition coefficient (Wildman–Crippen LogP) is 1.99. The average molecular weight is 327 g/mol. The van der Waals surface area contributed by atoms with Crippen LogP contribution in [0.15, 0.2) is 53.1 Å². The summed E-state index contributed by atoms with van der Waals surface area (Å²) in [5.41, 5.74) is 1.43. The Morgan fingerprint density at radius 3 is 2.62 bits per heavy atom. The molecule has 0 radical (unpaired) electrons. The molecule has 2 heterocycles. The van der Waals surface area contributed by atoms with E-state index in [1.54, 1.807) is 6.26 Å². The highest BCUT2D eigenvalue weighted by Crippen LogP contribution is 2.16. The van der Waals surface area contributed by atoms with Crippen molar-refractivity contribution in [3.05, 3.63) is 60.1 Å². The number of amides is 1. The van der Waals surface area contributed by atoms with E-state index < -0.39 is 0 Å². The van der Waals surface area contributed by atoms with Crippen molar-refractivity contribution in [3.8, 4) is 0 Å². The molecule has 1 aromatic heterocycles. The maximum atomic E-state index is 12.2. The van der Waals surface area contributed by atoms with Crippen molar-refractivity contribution in [2.45, 2.75) is 32.2 Å². The van der Waals surface area contributed by atoms with Gasteiger partial charge in [0, 0.05) is 0 Å². The zero-order valence-electron chi connectivity index (χ0n) is 14.3. The molecule has 3 rings (SSSR count). The Hall–Kier alpha value is -2.07. The van der Waals surface area contributed by atoms with Gasteiger partial charge in [-0.2, -0.15) is 0 Å². The molecule has 1 fully saturated rings. The molecule has 1 amide bonds. The van der Waals surface area contributed by atoms with Gasteiger partial charge in [0.25, 0.3) is 5.91 Å². The number of hydrogen-bond acceptors (Lipinski definition) is 2. The predicted molar refractivity (Wildman–Crippen MR) is 93.7 cm³/mol. The second kappa shape index (κ2) is 8.15. The van der Waals surface area contributed by atoms with Crippen LogP contribution >= 0.6 is 0 Å². The first-order valence-electron chi connectivity index (χ1n) is 8.91. The van der Waals surface area contributed by atoms with Crippen molar-refractivity contribution in [1.82, 2.24) is 5.32 Å². The Bertz CT molecular complexity index is 616. The highest BCUT2D eigenvalue weighted by molar-refractivity contribution is 5.77. The molecule has 128 valence electrons. The minimum Gasteiger partial charge on any atom is -0.467 e. The van der Waals surface area contributed by atoms with Crippen LogP contribution < -0.4 is 10.2 Å². The fourth-order valence-corrected chi connectivity index (χ4v) is 3.54. The molecule has 1 aromatic carbocycles. The number of rotatable bonds is 6. The van der Waals surface area contributed by atoms with E-state index in [1.165, 1.54) is 23.3 Å². The first-order chi connectivity index (χ1) is 11.7. The van der Waals surface area contributed by atoms with Crippen molar-refractivity contribution >= 4 is 5.91 Å². The summed E-state index contributed by atoms with van der Waals surface area (Å²) in [6.45, 7) is 4.68. The normalized spacial score (nSPS) is 22.0. The number of hydrogen-bond donors (Lipinski definition) is 2. The third-order valence-corrected chi connectivity index (χ3v) is 4.94. The Morgan fingerprint density at radius 2 is 1.96 bits per heavy atom. The Balaban J connectivity index is 1.39. The third-order valence-electron chi connectivity index (χ3n) is 4.94. The number of likely N-dealkylation sites (tertiary alicyclic amines) is 1. The molecule has 2 aromatic rings. The zero-order valence-corrected chi connectivity index (χ0v) is 14.3. The van der Waals surface area contributed by atoms with E-state index in [4.69, 9.17) is 4.42 Å². The molecule has 24 heavy (non-hydrogen) atoms. The molecule has 2 N–H and O–H groups in total. The van der Waals surface area contributed by atoms with Crippen LogP contribution in [0.2, 0.25) is 0 Å². The van der Waals surface area contributed by atoms with Gasteiger partial charge in [-0.1, -0.05) is 30.3 Å². The van der Waals surface area contributed by atoms with Crippen LogP contribution in [-0.2, 0) is 11.2 Å². The summed E-state index contributed by atoms with van der Waals surface area (Å²) in [6, 6.07) is 14.4. The number of carbonyl (C=O) groups is 1. The maximum absolute atomic E-state index is 12.2. The molecular weight excluding hydrogens is 300 g/mol. The fourth-order valence-electron chi connectivity index (χ4n) is 3.54. The first-order valence-corrected chi connectivity index (χ1v) is 8.91. The average Bonchev–Trinajstić information content (AvgIpc) is 3.12. The van der Waals surface area contributed by atoms with Gasteiger partial charge in [-0.25, -0.2) is 0 Å². The number of furan rings is 1. The highest BCUT2D eigenvalue weighted by Gasteiger charge is 2.24. The van der Waals surface area contributed by atoms with Crippen molar-refractivity contribution in [1.29, 1.82) is 0 Å². The lowest BCUT2D eigenvalue weighted by molar-refractivity contribution is -0.898. The van der Waals surface area contributed by atoms with E-state index in [-0.39, 0.29) is 11.9 Å². The molecule has 0 saturated carbocycles. The van der Waals surface area contributed by atoms with Gasteiger partial charge in [-0.05, 0) is 49.8 Å². The minimum atomic E-state index is -0.0671. The number of benzene rings is 1. The van der Waals surface area contributed by atoms with Gasteiger partial charge < -0.3 is 14.6 Å². The monoisotopic (exact) mass is 327 g/mol. The SMILES string of the molecule is C[C@H](NC(=O)C[NH+]1CCC(Cc2ccccc2)CC1)c1ccco1. The molecule has 0 aliphatic carbocycles. The number of piperidine rings is 1. The van der Waals surface area contributed by atoms with Gasteiger partial charge in [0.1, 0.15) is 5.76 Å². The topological polar surface area (TPSA) is 46.7 Å². The van der Waals surface area contributed by atoms with Gasteiger partial charge in [-0.15, -0.1) is 0 Å². The Kier molecular flexibility index (Phi) is 5.70. The van der Waals surface area contributed by atoms with Crippen LogP contribution in [0.4, 0.5) is 0 Å². The second-order valence-electron chi connectivity index (χ2n) is 6.86. The number of carbonyl (C=O) groups excluding carboxylic acids is 1. The van der Waals surface area contributed by atoms with E-state index in [1.807, 2.05) is 19.1 Å². The standard InChI is InChI=1S/C20H26N2O2/c1-16(19-8-5-13-24-19)21-20(23)15-22-11-9-18(10-12-22)14-17-6-3-2-4-7-17/h2-8,13,16,18H,9-12,14-15H2,1H3,(H,21,23)/p+1/t16-/m0/s1. The van der Waals surface area contributed by atoms with Crippen molar-refractivity contribution in [3.63, 3.8) is 0 Å². The Morgan fingerprint density at radius 1 is 1.21 bits per heavy atom. The highest BCUT2D eigenvalue weighted by atomic mass is 16.3. The van der Waals surface area contributed by atoms with Crippen molar-refractivity contribution < 1.29 is 14.1 Å². The molecule has 1 atom stereocenters. The molecule has 0 spiro atoms. The summed E-state index contributed by atoms with van der Waals surface area (Å²) in [6.07, 6.45) is 5.20. The molecule has 4 nitrogen and oxygen atoms in total. The van der Waals surface area contributed by atoms with E-state index in [2.05, 4.69) is 35.6 Å². The number of quaternary nitrogens is 1. The minimum absolute atomic E-state index is 0.0671. The quantitative estimate of drug-likeness (QED) is 0.852. The van der Waals surface area contributed by atoms with Crippen LogP contribution in [0.5, 0.6) is 0 Å². The molecule has 4 heteroatoms. The fraction of sp³-hybridized carbons (Fsp3) is 0.450. The lowest BCUT2D eigenvalue weighted by atomic mass is 9.90. The molecule has 0 unspecified atom stereocenters. The van der Waals surface area contributed by atoms with Gasteiger partial charge in [-0.3, -0.25) is 4.79 Å². The van der Waals surface area contributed by atoms with Gasteiger partial charge >= 0.3 is 0 Å². The largest absolute Gasteiger partial charge is 0.467 e. The van der Waals surface area contributed by atoms with E-state index in [9.17, 15) is 4.79 Å².